The Kier molecular flexibility index (Phi) is 6.80. The zero-order valence-corrected chi connectivity index (χ0v) is 19.3. The number of hydrogen-bond donors (Lipinski definition) is 2. The van der Waals surface area contributed by atoms with Crippen LogP contribution in [0.15, 0.2) is 67.4 Å². The molecule has 1 amide bonds. The van der Waals surface area contributed by atoms with Crippen molar-refractivity contribution >= 4 is 11.7 Å². The summed E-state index contributed by atoms with van der Waals surface area (Å²) in [5.41, 5.74) is 4.35. The van der Waals surface area contributed by atoms with Crippen LogP contribution >= 0.6 is 0 Å². The molecular formula is C25H26N8O. The van der Waals surface area contributed by atoms with E-state index in [2.05, 4.69) is 38.8 Å². The summed E-state index contributed by atoms with van der Waals surface area (Å²) in [6.45, 7) is 2.64. The van der Waals surface area contributed by atoms with Crippen LogP contribution in [0.1, 0.15) is 35.6 Å². The lowest BCUT2D eigenvalue weighted by Gasteiger charge is -2.20. The van der Waals surface area contributed by atoms with Crippen LogP contribution in [0.3, 0.4) is 0 Å². The second kappa shape index (κ2) is 10.1. The van der Waals surface area contributed by atoms with Gasteiger partial charge in [-0.15, -0.1) is 0 Å². The number of carbonyl (C=O) groups is 1. The maximum Gasteiger partial charge on any atom is 0.247 e. The van der Waals surface area contributed by atoms with Crippen molar-refractivity contribution in [2.45, 2.75) is 18.9 Å². The van der Waals surface area contributed by atoms with E-state index in [9.17, 15) is 4.79 Å². The summed E-state index contributed by atoms with van der Waals surface area (Å²) in [6.07, 6.45) is 8.90. The Labute approximate surface area is 198 Å². The molecule has 2 atom stereocenters. The smallest absolute Gasteiger partial charge is 0.247 e. The van der Waals surface area contributed by atoms with Crippen molar-refractivity contribution in [3.8, 4) is 17.2 Å². The van der Waals surface area contributed by atoms with Crippen molar-refractivity contribution in [1.29, 1.82) is 5.26 Å². The monoisotopic (exact) mass is 454 g/mol. The number of nitriles is 1. The summed E-state index contributed by atoms with van der Waals surface area (Å²) in [5, 5.41) is 23.7. The molecule has 3 heterocycles. The van der Waals surface area contributed by atoms with Crippen molar-refractivity contribution in [2.75, 3.05) is 11.9 Å². The van der Waals surface area contributed by atoms with Crippen molar-refractivity contribution in [3.63, 3.8) is 0 Å². The molecule has 3 aromatic heterocycles. The number of pyridine rings is 1. The minimum atomic E-state index is -0.602. The molecule has 172 valence electrons. The van der Waals surface area contributed by atoms with Crippen molar-refractivity contribution < 1.29 is 4.79 Å². The fourth-order valence-corrected chi connectivity index (χ4v) is 3.66. The standard InChI is InChI=1S/C25H26N8O/c1-17(19-6-4-18(10-26)5-7-19)11-28-24(22-14-30-33(3)16-22)25(34)31-23-9-8-20(12-27-23)21-13-29-32(2)15-21/h4-9,12-17,24,28H,11H2,1-3H3,(H,27,31,34)/t17-,24-/m1/s1. The van der Waals surface area contributed by atoms with Gasteiger partial charge in [0.1, 0.15) is 11.9 Å². The van der Waals surface area contributed by atoms with Crippen LogP contribution in [0.4, 0.5) is 5.82 Å². The van der Waals surface area contributed by atoms with Gasteiger partial charge in [0, 0.05) is 55.9 Å². The highest BCUT2D eigenvalue weighted by molar-refractivity contribution is 5.94. The molecule has 0 saturated heterocycles. The minimum Gasteiger partial charge on any atom is -0.309 e. The van der Waals surface area contributed by atoms with Gasteiger partial charge in [0.25, 0.3) is 0 Å². The predicted octanol–water partition coefficient (Wildman–Crippen LogP) is 3.16. The van der Waals surface area contributed by atoms with Gasteiger partial charge in [-0.25, -0.2) is 4.98 Å². The van der Waals surface area contributed by atoms with E-state index in [1.54, 1.807) is 46.2 Å². The van der Waals surface area contributed by atoms with Gasteiger partial charge in [0.2, 0.25) is 5.91 Å². The van der Waals surface area contributed by atoms with E-state index in [1.165, 1.54) is 0 Å². The third-order valence-corrected chi connectivity index (χ3v) is 5.61. The highest BCUT2D eigenvalue weighted by Crippen LogP contribution is 2.21. The fourth-order valence-electron chi connectivity index (χ4n) is 3.66. The average molecular weight is 455 g/mol. The largest absolute Gasteiger partial charge is 0.309 e. The van der Waals surface area contributed by atoms with Crippen LogP contribution in [0.2, 0.25) is 0 Å². The molecule has 34 heavy (non-hydrogen) atoms. The first-order valence-corrected chi connectivity index (χ1v) is 10.9. The number of aromatic nitrogens is 5. The molecule has 0 aliphatic rings. The van der Waals surface area contributed by atoms with Gasteiger partial charge in [-0.05, 0) is 35.7 Å². The Hall–Kier alpha value is -4.29. The van der Waals surface area contributed by atoms with Crippen LogP contribution in [-0.2, 0) is 18.9 Å². The number of carbonyl (C=O) groups excluding carboxylic acids is 1. The number of anilines is 1. The van der Waals surface area contributed by atoms with Crippen LogP contribution in [0.25, 0.3) is 11.1 Å². The van der Waals surface area contributed by atoms with E-state index in [0.717, 1.165) is 22.3 Å². The van der Waals surface area contributed by atoms with Crippen LogP contribution in [0, 0.1) is 11.3 Å². The molecule has 9 nitrogen and oxygen atoms in total. The van der Waals surface area contributed by atoms with Crippen molar-refractivity contribution in [2.24, 2.45) is 14.1 Å². The van der Waals surface area contributed by atoms with Gasteiger partial charge >= 0.3 is 0 Å². The molecule has 4 aromatic rings. The minimum absolute atomic E-state index is 0.136. The second-order valence-corrected chi connectivity index (χ2v) is 8.25. The summed E-state index contributed by atoms with van der Waals surface area (Å²) in [6, 6.07) is 12.7. The molecule has 0 aliphatic heterocycles. The van der Waals surface area contributed by atoms with E-state index in [0.29, 0.717) is 17.9 Å². The SMILES string of the molecule is C[C@H](CN[C@@H](C(=O)Nc1ccc(-c2cnn(C)c2)cn1)c1cnn(C)c1)c1ccc(C#N)cc1. The first-order chi connectivity index (χ1) is 16.4. The summed E-state index contributed by atoms with van der Waals surface area (Å²) in [4.78, 5) is 17.6. The van der Waals surface area contributed by atoms with Gasteiger partial charge < -0.3 is 10.6 Å². The average Bonchev–Trinajstić information content (AvgIpc) is 3.48. The quantitative estimate of drug-likeness (QED) is 0.423. The van der Waals surface area contributed by atoms with Crippen molar-refractivity contribution in [1.82, 2.24) is 29.9 Å². The van der Waals surface area contributed by atoms with E-state index in [-0.39, 0.29) is 11.8 Å². The lowest BCUT2D eigenvalue weighted by atomic mass is 9.99. The lowest BCUT2D eigenvalue weighted by Crippen LogP contribution is -2.35. The number of amides is 1. The van der Waals surface area contributed by atoms with E-state index in [4.69, 9.17) is 5.26 Å². The Morgan fingerprint density at radius 3 is 2.29 bits per heavy atom. The van der Waals surface area contributed by atoms with E-state index >= 15 is 0 Å². The molecule has 0 fully saturated rings. The highest BCUT2D eigenvalue weighted by Gasteiger charge is 2.23. The zero-order valence-electron chi connectivity index (χ0n) is 19.3. The van der Waals surface area contributed by atoms with Gasteiger partial charge in [-0.3, -0.25) is 14.2 Å². The molecule has 0 bridgehead atoms. The topological polar surface area (TPSA) is 113 Å². The maximum absolute atomic E-state index is 13.2. The van der Waals surface area contributed by atoms with Gasteiger partial charge in [-0.2, -0.15) is 15.5 Å². The number of aryl methyl sites for hydroxylation is 2. The Bertz CT molecular complexity index is 1300. The lowest BCUT2D eigenvalue weighted by molar-refractivity contribution is -0.118. The molecule has 0 aliphatic carbocycles. The second-order valence-electron chi connectivity index (χ2n) is 8.25. The van der Waals surface area contributed by atoms with Gasteiger partial charge in [0.05, 0.1) is 24.0 Å². The summed E-state index contributed by atoms with van der Waals surface area (Å²) in [7, 11) is 3.68. The summed E-state index contributed by atoms with van der Waals surface area (Å²) < 4.78 is 3.40. The molecular weight excluding hydrogens is 428 g/mol. The third-order valence-electron chi connectivity index (χ3n) is 5.61. The van der Waals surface area contributed by atoms with Gasteiger partial charge in [-0.1, -0.05) is 19.1 Å². The fraction of sp³-hybridized carbons (Fsp3) is 0.240. The zero-order chi connectivity index (χ0) is 24.1. The Morgan fingerprint density at radius 2 is 1.71 bits per heavy atom. The summed E-state index contributed by atoms with van der Waals surface area (Å²) >= 11 is 0. The first-order valence-electron chi connectivity index (χ1n) is 10.9. The molecule has 4 rings (SSSR count). The first kappa shape index (κ1) is 22.9. The number of nitrogens with one attached hydrogen (secondary N) is 2. The van der Waals surface area contributed by atoms with E-state index < -0.39 is 6.04 Å². The molecule has 0 radical (unpaired) electrons. The molecule has 2 N–H and O–H groups in total. The number of hydrogen-bond acceptors (Lipinski definition) is 6. The normalized spacial score (nSPS) is 12.6. The van der Waals surface area contributed by atoms with Gasteiger partial charge in [0.15, 0.2) is 0 Å². The van der Waals surface area contributed by atoms with Crippen molar-refractivity contribution in [3.05, 3.63) is 84.1 Å². The van der Waals surface area contributed by atoms with Crippen LogP contribution < -0.4 is 10.6 Å². The van der Waals surface area contributed by atoms with Crippen LogP contribution in [-0.4, -0.2) is 37.0 Å². The highest BCUT2D eigenvalue weighted by atomic mass is 16.2. The number of benzene rings is 1. The van der Waals surface area contributed by atoms with Crippen LogP contribution in [0.5, 0.6) is 0 Å². The van der Waals surface area contributed by atoms with E-state index in [1.807, 2.05) is 44.7 Å². The molecule has 9 heteroatoms. The molecule has 0 saturated carbocycles. The predicted molar refractivity (Wildman–Crippen MR) is 129 cm³/mol. The Morgan fingerprint density at radius 1 is 0.971 bits per heavy atom. The molecule has 1 aromatic carbocycles. The number of nitrogens with zero attached hydrogens (tertiary/aromatic N) is 6. The molecule has 0 unspecified atom stereocenters. The third kappa shape index (κ3) is 5.36. The molecule has 0 spiro atoms. The Balaban J connectivity index is 1.45. The summed E-state index contributed by atoms with van der Waals surface area (Å²) in [5.74, 6) is 0.381. The maximum atomic E-state index is 13.2. The number of rotatable bonds is 8.